The number of benzene rings is 4. The SMILES string of the molecule is CC(C)(C)c1cccc(-[n+]2[c-]n(-c3cccc(Oc4ccc5c6ccccc6n(-c6cc(C(C)(C)C)ccn6)c5c4)c3)cc2C(C)(C)C)c1. The summed E-state index contributed by atoms with van der Waals surface area (Å²) in [6.45, 7) is 20.2. The quantitative estimate of drug-likeness (QED) is 0.138. The van der Waals surface area contributed by atoms with Crippen LogP contribution in [0.1, 0.15) is 79.1 Å². The lowest BCUT2D eigenvalue weighted by Gasteiger charge is -2.23. The zero-order valence-corrected chi connectivity index (χ0v) is 30.2. The highest BCUT2D eigenvalue weighted by Crippen LogP contribution is 2.36. The maximum absolute atomic E-state index is 6.59. The molecule has 0 aliphatic heterocycles. The lowest BCUT2D eigenvalue weighted by atomic mass is 9.86. The van der Waals surface area contributed by atoms with Crippen molar-refractivity contribution >= 4 is 21.8 Å². The molecule has 7 aromatic rings. The summed E-state index contributed by atoms with van der Waals surface area (Å²) in [6, 6.07) is 36.2. The number of aromatic nitrogens is 4. The number of hydrogen-bond donors (Lipinski definition) is 0. The average Bonchev–Trinajstić information content (AvgIpc) is 3.65. The van der Waals surface area contributed by atoms with Gasteiger partial charge in [-0.25, -0.2) is 4.98 Å². The molecule has 0 bridgehead atoms. The summed E-state index contributed by atoms with van der Waals surface area (Å²) in [4.78, 5) is 4.83. The van der Waals surface area contributed by atoms with E-state index in [2.05, 4.69) is 180 Å². The molecule has 0 fully saturated rings. The Kier molecular flexibility index (Phi) is 7.78. The molecule has 49 heavy (non-hydrogen) atoms. The lowest BCUT2D eigenvalue weighted by Crippen LogP contribution is -2.39. The molecule has 0 unspecified atom stereocenters. The molecule has 5 nitrogen and oxygen atoms in total. The van der Waals surface area contributed by atoms with E-state index < -0.39 is 0 Å². The molecule has 3 heterocycles. The van der Waals surface area contributed by atoms with E-state index >= 15 is 0 Å². The average molecular weight is 647 g/mol. The maximum atomic E-state index is 6.59. The molecule has 5 heteroatoms. The maximum Gasteiger partial charge on any atom is 0.269 e. The van der Waals surface area contributed by atoms with E-state index in [0.29, 0.717) is 0 Å². The number of fused-ring (bicyclic) bond motifs is 3. The van der Waals surface area contributed by atoms with Crippen LogP contribution in [0.3, 0.4) is 0 Å². The highest BCUT2D eigenvalue weighted by atomic mass is 16.5. The van der Waals surface area contributed by atoms with E-state index in [1.807, 2.05) is 18.3 Å². The van der Waals surface area contributed by atoms with Crippen LogP contribution >= 0.6 is 0 Å². The number of rotatable bonds is 5. The van der Waals surface area contributed by atoms with Crippen molar-refractivity contribution in [3.63, 3.8) is 0 Å². The molecule has 0 atom stereocenters. The summed E-state index contributed by atoms with van der Waals surface area (Å²) in [5, 5.41) is 2.35. The van der Waals surface area contributed by atoms with Gasteiger partial charge in [-0.2, -0.15) is 0 Å². The highest BCUT2D eigenvalue weighted by molar-refractivity contribution is 6.09. The lowest BCUT2D eigenvalue weighted by molar-refractivity contribution is -0.611. The van der Waals surface area contributed by atoms with Gasteiger partial charge in [-0.15, -0.1) is 0 Å². The van der Waals surface area contributed by atoms with Gasteiger partial charge >= 0.3 is 0 Å². The summed E-state index contributed by atoms with van der Waals surface area (Å²) < 4.78 is 13.1. The van der Waals surface area contributed by atoms with Crippen LogP contribution in [0.5, 0.6) is 11.5 Å². The van der Waals surface area contributed by atoms with E-state index in [-0.39, 0.29) is 16.2 Å². The van der Waals surface area contributed by atoms with Gasteiger partial charge in [0.15, 0.2) is 0 Å². The van der Waals surface area contributed by atoms with Gasteiger partial charge in [-0.1, -0.05) is 98.7 Å². The van der Waals surface area contributed by atoms with Crippen LogP contribution in [0.4, 0.5) is 0 Å². The third-order valence-corrected chi connectivity index (χ3v) is 9.26. The molecule has 0 aliphatic rings. The number of para-hydroxylation sites is 1. The molecule has 0 amide bonds. The summed E-state index contributed by atoms with van der Waals surface area (Å²) in [7, 11) is 0. The van der Waals surface area contributed by atoms with Crippen LogP contribution in [0.15, 0.2) is 116 Å². The fourth-order valence-electron chi connectivity index (χ4n) is 6.44. The fraction of sp³-hybridized carbons (Fsp3) is 0.273. The van der Waals surface area contributed by atoms with Crippen LogP contribution < -0.4 is 9.30 Å². The first kappa shape index (κ1) is 32.4. The number of nitrogens with zero attached hydrogens (tertiary/aromatic N) is 4. The van der Waals surface area contributed by atoms with Crippen LogP contribution in [0.2, 0.25) is 0 Å². The van der Waals surface area contributed by atoms with Crippen molar-refractivity contribution < 1.29 is 9.30 Å². The van der Waals surface area contributed by atoms with Crippen molar-refractivity contribution in [3.05, 3.63) is 139 Å². The molecule has 0 saturated carbocycles. The third-order valence-electron chi connectivity index (χ3n) is 9.26. The molecule has 248 valence electrons. The zero-order chi connectivity index (χ0) is 34.7. The van der Waals surface area contributed by atoms with Gasteiger partial charge in [0.25, 0.3) is 6.33 Å². The van der Waals surface area contributed by atoms with Crippen LogP contribution in [0, 0.1) is 6.33 Å². The van der Waals surface area contributed by atoms with Crippen LogP contribution in [-0.4, -0.2) is 14.1 Å². The Morgan fingerprint density at radius 2 is 1.31 bits per heavy atom. The Balaban J connectivity index is 1.28. The van der Waals surface area contributed by atoms with Crippen molar-refractivity contribution in [2.75, 3.05) is 0 Å². The van der Waals surface area contributed by atoms with Gasteiger partial charge in [-0.3, -0.25) is 13.7 Å². The van der Waals surface area contributed by atoms with Crippen LogP contribution in [-0.2, 0) is 16.2 Å². The Morgan fingerprint density at radius 1 is 0.612 bits per heavy atom. The molecule has 4 aromatic carbocycles. The summed E-state index contributed by atoms with van der Waals surface area (Å²) in [6.07, 6.45) is 7.74. The minimum Gasteiger partial charge on any atom is -0.458 e. The monoisotopic (exact) mass is 646 g/mol. The number of ether oxygens (including phenoxy) is 1. The molecule has 0 saturated heterocycles. The van der Waals surface area contributed by atoms with E-state index in [1.165, 1.54) is 22.2 Å². The van der Waals surface area contributed by atoms with Gasteiger partial charge in [0, 0.05) is 29.2 Å². The smallest absolute Gasteiger partial charge is 0.269 e. The Labute approximate surface area is 290 Å². The van der Waals surface area contributed by atoms with Crippen molar-refractivity contribution in [1.29, 1.82) is 0 Å². The van der Waals surface area contributed by atoms with Crippen LogP contribution in [0.25, 0.3) is 39.0 Å². The number of hydrogen-bond acceptors (Lipinski definition) is 2. The zero-order valence-electron chi connectivity index (χ0n) is 30.2. The van der Waals surface area contributed by atoms with Gasteiger partial charge in [0.05, 0.1) is 28.1 Å². The Morgan fingerprint density at radius 3 is 2.06 bits per heavy atom. The van der Waals surface area contributed by atoms with E-state index in [1.54, 1.807) is 0 Å². The van der Waals surface area contributed by atoms with Crippen molar-refractivity contribution in [1.82, 2.24) is 14.1 Å². The molecule has 3 aromatic heterocycles. The van der Waals surface area contributed by atoms with E-state index in [0.717, 1.165) is 45.1 Å². The van der Waals surface area contributed by atoms with Gasteiger partial charge in [0.2, 0.25) is 0 Å². The van der Waals surface area contributed by atoms with Crippen molar-refractivity contribution in [2.45, 2.75) is 78.6 Å². The minimum atomic E-state index is -0.0945. The van der Waals surface area contributed by atoms with E-state index in [9.17, 15) is 0 Å². The Bertz CT molecular complexity index is 2320. The molecule has 0 aliphatic carbocycles. The van der Waals surface area contributed by atoms with Crippen molar-refractivity contribution in [3.8, 4) is 28.7 Å². The topological polar surface area (TPSA) is 35.9 Å². The summed E-state index contributed by atoms with van der Waals surface area (Å²) >= 11 is 0. The largest absolute Gasteiger partial charge is 0.458 e. The first-order valence-corrected chi connectivity index (χ1v) is 17.1. The highest BCUT2D eigenvalue weighted by Gasteiger charge is 2.23. The molecular formula is C44H46N4O. The molecule has 7 rings (SSSR count). The standard InChI is InChI=1S/C44H46N4O/c1-42(2,3)30-14-12-16-33(24-30)47-29-46(28-40(47)44(7,8)9)32-15-13-17-34(26-32)49-35-20-21-37-36-18-10-11-19-38(36)48(39(37)27-35)41-25-31(22-23-45-41)43(4,5)6/h10-28H,1-9H3. The normalized spacial score (nSPS) is 12.6. The van der Waals surface area contributed by atoms with E-state index in [4.69, 9.17) is 9.72 Å². The first-order chi connectivity index (χ1) is 23.2. The number of imidazole rings is 1. The predicted octanol–water partition coefficient (Wildman–Crippen LogP) is 10.7. The number of pyridine rings is 1. The first-order valence-electron chi connectivity index (χ1n) is 17.1. The van der Waals surface area contributed by atoms with Crippen molar-refractivity contribution in [2.24, 2.45) is 0 Å². The van der Waals surface area contributed by atoms with Gasteiger partial charge in [0.1, 0.15) is 17.3 Å². The fourth-order valence-corrected chi connectivity index (χ4v) is 6.44. The molecule has 0 N–H and O–H groups in total. The second kappa shape index (κ2) is 11.8. The molecule has 0 radical (unpaired) electrons. The molecule has 0 spiro atoms. The second-order valence-electron chi connectivity index (χ2n) is 16.2. The minimum absolute atomic E-state index is 0.0102. The van der Waals surface area contributed by atoms with Gasteiger partial charge in [-0.05, 0) is 88.0 Å². The third kappa shape index (κ3) is 6.26. The molecular weight excluding hydrogens is 601 g/mol. The summed E-state index contributed by atoms with van der Waals surface area (Å²) in [5.74, 6) is 2.42. The second-order valence-corrected chi connectivity index (χ2v) is 16.2. The van der Waals surface area contributed by atoms with Gasteiger partial charge < -0.3 is 4.74 Å². The Hall–Kier alpha value is -5.16. The predicted molar refractivity (Wildman–Crippen MR) is 201 cm³/mol. The summed E-state index contributed by atoms with van der Waals surface area (Å²) in [5.41, 5.74) is 7.94.